The van der Waals surface area contributed by atoms with Crippen molar-refractivity contribution in [1.82, 2.24) is 4.98 Å². The fraction of sp³-hybridized carbons (Fsp3) is 0. The first-order valence-electron chi connectivity index (χ1n) is 6.31. The number of fused-ring (bicyclic) bond motifs is 1. The van der Waals surface area contributed by atoms with Gasteiger partial charge in [-0.3, -0.25) is 10.4 Å². The number of pyridine rings is 1. The minimum absolute atomic E-state index is 0.0432. The van der Waals surface area contributed by atoms with Crippen LogP contribution in [0.2, 0.25) is 0 Å². The summed E-state index contributed by atoms with van der Waals surface area (Å²) < 4.78 is 19.6. The van der Waals surface area contributed by atoms with Gasteiger partial charge in [-0.05, 0) is 36.4 Å². The molecule has 3 aromatic rings. The van der Waals surface area contributed by atoms with Crippen molar-refractivity contribution >= 4 is 16.7 Å². The van der Waals surface area contributed by atoms with Gasteiger partial charge in [-0.25, -0.2) is 4.39 Å². The number of hydrogen-bond donors (Lipinski definition) is 2. The van der Waals surface area contributed by atoms with E-state index < -0.39 is 5.82 Å². The van der Waals surface area contributed by atoms with Crippen LogP contribution in [-0.4, -0.2) is 10.8 Å². The molecule has 104 valence electrons. The number of rotatable bonds is 3. The lowest BCUT2D eigenvalue weighted by molar-refractivity contribution is 0.480. The zero-order chi connectivity index (χ0) is 14.8. The van der Waals surface area contributed by atoms with E-state index in [0.717, 1.165) is 10.9 Å². The number of benzene rings is 2. The van der Waals surface area contributed by atoms with E-state index in [2.05, 4.69) is 4.98 Å². The highest BCUT2D eigenvalue weighted by Crippen LogP contribution is 2.31. The molecule has 1 heterocycles. The van der Waals surface area contributed by atoms with E-state index in [0.29, 0.717) is 5.75 Å². The first-order valence-corrected chi connectivity index (χ1v) is 6.31. The van der Waals surface area contributed by atoms with Gasteiger partial charge in [0.05, 0.1) is 11.1 Å². The summed E-state index contributed by atoms with van der Waals surface area (Å²) in [5.74, 6) is -0.215. The summed E-state index contributed by atoms with van der Waals surface area (Å²) in [5.41, 5.74) is 6.16. The number of nitrogens with two attached hydrogens (primary N) is 1. The van der Waals surface area contributed by atoms with E-state index in [9.17, 15) is 4.39 Å². The Morgan fingerprint density at radius 2 is 1.81 bits per heavy atom. The second kappa shape index (κ2) is 5.20. The van der Waals surface area contributed by atoms with Gasteiger partial charge in [-0.1, -0.05) is 12.1 Å². The smallest absolute Gasteiger partial charge is 0.141 e. The fourth-order valence-corrected chi connectivity index (χ4v) is 2.13. The lowest BCUT2D eigenvalue weighted by Gasteiger charge is -2.12. The van der Waals surface area contributed by atoms with Gasteiger partial charge in [0, 0.05) is 11.6 Å². The van der Waals surface area contributed by atoms with Crippen molar-refractivity contribution in [2.75, 3.05) is 0 Å². The van der Waals surface area contributed by atoms with Crippen LogP contribution in [0.5, 0.6) is 11.5 Å². The summed E-state index contributed by atoms with van der Waals surface area (Å²) in [6, 6.07) is 13.4. The third kappa shape index (κ3) is 2.41. The molecule has 21 heavy (non-hydrogen) atoms. The summed E-state index contributed by atoms with van der Waals surface area (Å²) >= 11 is 0. The highest BCUT2D eigenvalue weighted by Gasteiger charge is 2.14. The van der Waals surface area contributed by atoms with Crippen molar-refractivity contribution in [3.63, 3.8) is 0 Å². The second-order valence-electron chi connectivity index (χ2n) is 4.45. The standard InChI is InChI=1S/C16H12FN3O/c17-11-5-1-8-14(15(11)16(18)19)21-13-7-2-6-12-10(13)4-3-9-20-12/h1-9H,(H3,18,19). The van der Waals surface area contributed by atoms with Gasteiger partial charge in [-0.2, -0.15) is 0 Å². The number of ether oxygens (including phenoxy) is 1. The van der Waals surface area contributed by atoms with E-state index in [4.69, 9.17) is 15.9 Å². The Labute approximate surface area is 120 Å². The Balaban J connectivity index is 2.12. The van der Waals surface area contributed by atoms with Crippen molar-refractivity contribution in [3.8, 4) is 11.5 Å². The van der Waals surface area contributed by atoms with Crippen LogP contribution < -0.4 is 10.5 Å². The lowest BCUT2D eigenvalue weighted by Crippen LogP contribution is -2.14. The second-order valence-corrected chi connectivity index (χ2v) is 4.45. The summed E-state index contributed by atoms with van der Waals surface area (Å²) in [6.07, 6.45) is 1.69. The number of nitrogens with one attached hydrogen (secondary N) is 1. The molecule has 0 radical (unpaired) electrons. The molecule has 4 nitrogen and oxygen atoms in total. The molecule has 2 aromatic carbocycles. The average molecular weight is 281 g/mol. The van der Waals surface area contributed by atoms with Crippen LogP contribution in [-0.2, 0) is 0 Å². The molecule has 0 aliphatic carbocycles. The van der Waals surface area contributed by atoms with Gasteiger partial charge in [0.15, 0.2) is 0 Å². The third-order valence-electron chi connectivity index (χ3n) is 3.07. The maximum atomic E-state index is 13.8. The van der Waals surface area contributed by atoms with Crippen LogP contribution >= 0.6 is 0 Å². The van der Waals surface area contributed by atoms with E-state index in [1.807, 2.05) is 12.1 Å². The molecule has 0 saturated carbocycles. The number of nitrogen functional groups attached to an aromatic ring is 1. The Kier molecular flexibility index (Phi) is 3.23. The normalized spacial score (nSPS) is 10.5. The SMILES string of the molecule is N=C(N)c1c(F)cccc1Oc1cccc2ncccc12. The molecule has 0 aliphatic rings. The average Bonchev–Trinajstić information content (AvgIpc) is 2.47. The number of hydrogen-bond acceptors (Lipinski definition) is 3. The van der Waals surface area contributed by atoms with Gasteiger partial charge in [0.2, 0.25) is 0 Å². The molecular weight excluding hydrogens is 269 g/mol. The molecule has 0 aliphatic heterocycles. The van der Waals surface area contributed by atoms with E-state index in [-0.39, 0.29) is 17.1 Å². The number of amidine groups is 1. The molecule has 0 saturated heterocycles. The van der Waals surface area contributed by atoms with Crippen LogP contribution in [0.4, 0.5) is 4.39 Å². The van der Waals surface area contributed by atoms with Crippen molar-refractivity contribution in [2.45, 2.75) is 0 Å². The van der Waals surface area contributed by atoms with Crippen molar-refractivity contribution in [2.24, 2.45) is 5.73 Å². The summed E-state index contributed by atoms with van der Waals surface area (Å²) in [7, 11) is 0. The Morgan fingerprint density at radius 3 is 2.62 bits per heavy atom. The van der Waals surface area contributed by atoms with Gasteiger partial charge in [0.1, 0.15) is 23.2 Å². The molecular formula is C16H12FN3O. The molecule has 0 bridgehead atoms. The minimum Gasteiger partial charge on any atom is -0.456 e. The molecule has 3 rings (SSSR count). The predicted molar refractivity (Wildman–Crippen MR) is 79.2 cm³/mol. The Morgan fingerprint density at radius 1 is 1.05 bits per heavy atom. The molecule has 0 fully saturated rings. The molecule has 0 unspecified atom stereocenters. The first-order chi connectivity index (χ1) is 10.2. The van der Waals surface area contributed by atoms with Crippen molar-refractivity contribution < 1.29 is 9.13 Å². The van der Waals surface area contributed by atoms with Gasteiger partial charge < -0.3 is 10.5 Å². The molecule has 5 heteroatoms. The summed E-state index contributed by atoms with van der Waals surface area (Å²) in [4.78, 5) is 4.24. The number of nitrogens with zero attached hydrogens (tertiary/aromatic N) is 1. The molecule has 0 atom stereocenters. The number of halogens is 1. The van der Waals surface area contributed by atoms with E-state index >= 15 is 0 Å². The van der Waals surface area contributed by atoms with Crippen LogP contribution in [0.3, 0.4) is 0 Å². The van der Waals surface area contributed by atoms with Crippen LogP contribution in [0, 0.1) is 11.2 Å². The molecule has 0 spiro atoms. The van der Waals surface area contributed by atoms with Crippen molar-refractivity contribution in [1.29, 1.82) is 5.41 Å². The first kappa shape index (κ1) is 13.1. The van der Waals surface area contributed by atoms with Crippen LogP contribution in [0.1, 0.15) is 5.56 Å². The molecule has 0 amide bonds. The van der Waals surface area contributed by atoms with Gasteiger partial charge in [0.25, 0.3) is 0 Å². The lowest BCUT2D eigenvalue weighted by atomic mass is 10.1. The summed E-state index contributed by atoms with van der Waals surface area (Å²) in [5, 5.41) is 8.30. The fourth-order valence-electron chi connectivity index (χ4n) is 2.13. The molecule has 1 aromatic heterocycles. The maximum absolute atomic E-state index is 13.8. The van der Waals surface area contributed by atoms with Gasteiger partial charge in [-0.15, -0.1) is 0 Å². The third-order valence-corrected chi connectivity index (χ3v) is 3.07. The zero-order valence-electron chi connectivity index (χ0n) is 11.0. The van der Waals surface area contributed by atoms with E-state index in [1.54, 1.807) is 30.5 Å². The largest absolute Gasteiger partial charge is 0.456 e. The number of aromatic nitrogens is 1. The summed E-state index contributed by atoms with van der Waals surface area (Å²) in [6.45, 7) is 0. The van der Waals surface area contributed by atoms with Gasteiger partial charge >= 0.3 is 0 Å². The Hall–Kier alpha value is -2.95. The van der Waals surface area contributed by atoms with E-state index in [1.165, 1.54) is 12.1 Å². The topological polar surface area (TPSA) is 72.0 Å². The Bertz CT molecular complexity index is 827. The van der Waals surface area contributed by atoms with Crippen molar-refractivity contribution in [3.05, 3.63) is 66.1 Å². The van der Waals surface area contributed by atoms with Crippen LogP contribution in [0.25, 0.3) is 10.9 Å². The zero-order valence-corrected chi connectivity index (χ0v) is 11.0. The minimum atomic E-state index is -0.585. The highest BCUT2D eigenvalue weighted by molar-refractivity contribution is 5.98. The molecule has 3 N–H and O–H groups in total. The quantitative estimate of drug-likeness (QED) is 0.570. The monoisotopic (exact) mass is 281 g/mol. The highest BCUT2D eigenvalue weighted by atomic mass is 19.1. The predicted octanol–water partition coefficient (Wildman–Crippen LogP) is 3.45. The maximum Gasteiger partial charge on any atom is 0.141 e. The van der Waals surface area contributed by atoms with Crippen LogP contribution in [0.15, 0.2) is 54.7 Å².